The molecule has 0 saturated heterocycles. The molecule has 2 unspecified atom stereocenters. The van der Waals surface area contributed by atoms with Crippen molar-refractivity contribution in [2.24, 2.45) is 5.92 Å². The molecule has 3 atom stereocenters. The molecule has 0 amide bonds. The quantitative estimate of drug-likeness (QED) is 0.682. The normalized spacial score (nSPS) is 33.3. The van der Waals surface area contributed by atoms with E-state index >= 15 is 0 Å². The first-order valence-electron chi connectivity index (χ1n) is 4.54. The molecule has 1 saturated carbocycles. The van der Waals surface area contributed by atoms with Gasteiger partial charge < -0.3 is 9.13 Å². The molecule has 1 heterocycles. The standard InChI is InChI=1S/C9H15N2OP/c1-7-8(9(7)13(2,3)12)11-5-4-10-6-11/h4-9H,1-3H3/t7?,8-,9?/m0/s1. The Balaban J connectivity index is 2.20. The van der Waals surface area contributed by atoms with Crippen LogP contribution in [-0.4, -0.2) is 28.5 Å². The summed E-state index contributed by atoms with van der Waals surface area (Å²) in [7, 11) is -1.93. The molecular formula is C9H15N2OP. The van der Waals surface area contributed by atoms with Crippen LogP contribution in [-0.2, 0) is 4.57 Å². The molecule has 1 aromatic heterocycles. The number of nitrogens with zero attached hydrogens (tertiary/aromatic N) is 2. The largest absolute Gasteiger partial charge is 0.333 e. The van der Waals surface area contributed by atoms with E-state index in [1.165, 1.54) is 0 Å². The molecule has 0 aromatic carbocycles. The number of hydrogen-bond acceptors (Lipinski definition) is 2. The van der Waals surface area contributed by atoms with Gasteiger partial charge in [-0.3, -0.25) is 0 Å². The lowest BCUT2D eigenvalue weighted by atomic mass is 10.5. The molecule has 2 rings (SSSR count). The molecule has 1 aromatic rings. The Hall–Kier alpha value is -0.560. The zero-order chi connectivity index (χ0) is 9.64. The number of hydrogen-bond donors (Lipinski definition) is 0. The summed E-state index contributed by atoms with van der Waals surface area (Å²) in [5, 5.41) is 0. The maximum absolute atomic E-state index is 11.9. The highest BCUT2D eigenvalue weighted by molar-refractivity contribution is 7.63. The summed E-state index contributed by atoms with van der Waals surface area (Å²) in [6, 6.07) is 0.420. The van der Waals surface area contributed by atoms with Crippen LogP contribution in [0.15, 0.2) is 18.7 Å². The second kappa shape index (κ2) is 2.71. The second-order valence-corrected chi connectivity index (χ2v) is 7.75. The molecule has 4 heteroatoms. The minimum Gasteiger partial charge on any atom is -0.333 e. The maximum Gasteiger partial charge on any atom is 0.0948 e. The van der Waals surface area contributed by atoms with Crippen LogP contribution in [0.25, 0.3) is 0 Å². The third-order valence-corrected chi connectivity index (χ3v) is 5.09. The average Bonchev–Trinajstić information content (AvgIpc) is 2.46. The van der Waals surface area contributed by atoms with Gasteiger partial charge in [0, 0.05) is 24.1 Å². The fraction of sp³-hybridized carbons (Fsp3) is 0.667. The summed E-state index contributed by atoms with van der Waals surface area (Å²) in [5.41, 5.74) is 0.363. The van der Waals surface area contributed by atoms with E-state index in [2.05, 4.69) is 16.5 Å². The molecule has 72 valence electrons. The highest BCUT2D eigenvalue weighted by Gasteiger charge is 2.54. The first kappa shape index (κ1) is 9.01. The summed E-state index contributed by atoms with van der Waals surface area (Å²) >= 11 is 0. The van der Waals surface area contributed by atoms with Crippen molar-refractivity contribution in [1.82, 2.24) is 9.55 Å². The Morgan fingerprint density at radius 3 is 2.54 bits per heavy atom. The molecule has 0 bridgehead atoms. The van der Waals surface area contributed by atoms with Crippen molar-refractivity contribution in [2.45, 2.75) is 18.6 Å². The molecule has 13 heavy (non-hydrogen) atoms. The van der Waals surface area contributed by atoms with Crippen molar-refractivity contribution in [3.8, 4) is 0 Å². The van der Waals surface area contributed by atoms with Crippen LogP contribution in [0.2, 0.25) is 0 Å². The minimum absolute atomic E-state index is 0.363. The third-order valence-electron chi connectivity index (χ3n) is 2.87. The number of aromatic nitrogens is 2. The molecule has 0 radical (unpaired) electrons. The van der Waals surface area contributed by atoms with Crippen LogP contribution < -0.4 is 0 Å². The van der Waals surface area contributed by atoms with Gasteiger partial charge in [0.25, 0.3) is 0 Å². The van der Waals surface area contributed by atoms with Gasteiger partial charge in [0.05, 0.1) is 13.5 Å². The van der Waals surface area contributed by atoms with Gasteiger partial charge in [-0.05, 0) is 19.2 Å². The van der Waals surface area contributed by atoms with E-state index in [0.29, 0.717) is 17.6 Å². The summed E-state index contributed by atoms with van der Waals surface area (Å²) in [6.45, 7) is 5.92. The summed E-state index contributed by atoms with van der Waals surface area (Å²) in [6.07, 6.45) is 5.55. The highest BCUT2D eigenvalue weighted by Crippen LogP contribution is 2.64. The second-order valence-electron chi connectivity index (χ2n) is 4.28. The third kappa shape index (κ3) is 1.46. The van der Waals surface area contributed by atoms with Gasteiger partial charge in [0.1, 0.15) is 0 Å². The molecule has 1 aliphatic rings. The van der Waals surface area contributed by atoms with Gasteiger partial charge in [-0.1, -0.05) is 6.92 Å². The Labute approximate surface area is 78.5 Å². The number of imidazole rings is 1. The zero-order valence-electron chi connectivity index (χ0n) is 8.21. The zero-order valence-corrected chi connectivity index (χ0v) is 9.11. The van der Waals surface area contributed by atoms with Gasteiger partial charge in [0.2, 0.25) is 0 Å². The SMILES string of the molecule is CC1C(P(C)(C)=O)[C@H]1n1ccnc1. The van der Waals surface area contributed by atoms with Gasteiger partial charge in [-0.2, -0.15) is 0 Å². The predicted octanol–water partition coefficient (Wildman–Crippen LogP) is 2.07. The van der Waals surface area contributed by atoms with Crippen molar-refractivity contribution in [1.29, 1.82) is 0 Å². The Morgan fingerprint density at radius 2 is 2.15 bits per heavy atom. The lowest BCUT2D eigenvalue weighted by molar-refractivity contribution is 0.578. The van der Waals surface area contributed by atoms with Crippen LogP contribution in [0.4, 0.5) is 0 Å². The average molecular weight is 198 g/mol. The van der Waals surface area contributed by atoms with E-state index < -0.39 is 7.14 Å². The fourth-order valence-corrected chi connectivity index (χ4v) is 4.62. The van der Waals surface area contributed by atoms with Crippen LogP contribution >= 0.6 is 7.14 Å². The first-order valence-corrected chi connectivity index (χ1v) is 7.21. The number of rotatable bonds is 2. The molecule has 0 aliphatic heterocycles. The van der Waals surface area contributed by atoms with Crippen LogP contribution in [0.5, 0.6) is 0 Å². The van der Waals surface area contributed by atoms with Gasteiger partial charge in [-0.25, -0.2) is 4.98 Å². The van der Waals surface area contributed by atoms with Crippen molar-refractivity contribution in [3.05, 3.63) is 18.7 Å². The van der Waals surface area contributed by atoms with Crippen molar-refractivity contribution >= 4 is 7.14 Å². The van der Waals surface area contributed by atoms with E-state index in [4.69, 9.17) is 0 Å². The van der Waals surface area contributed by atoms with Crippen molar-refractivity contribution in [3.63, 3.8) is 0 Å². The lowest BCUT2D eigenvalue weighted by Crippen LogP contribution is -1.95. The van der Waals surface area contributed by atoms with E-state index in [9.17, 15) is 4.57 Å². The smallest absolute Gasteiger partial charge is 0.0948 e. The monoisotopic (exact) mass is 198 g/mol. The highest BCUT2D eigenvalue weighted by atomic mass is 31.2. The molecular weight excluding hydrogens is 183 g/mol. The molecule has 1 aliphatic carbocycles. The summed E-state index contributed by atoms with van der Waals surface area (Å²) < 4.78 is 13.9. The summed E-state index contributed by atoms with van der Waals surface area (Å²) in [4.78, 5) is 4.01. The molecule has 0 N–H and O–H groups in total. The van der Waals surface area contributed by atoms with Crippen LogP contribution in [0, 0.1) is 5.92 Å². The van der Waals surface area contributed by atoms with E-state index in [1.807, 2.05) is 25.9 Å². The lowest BCUT2D eigenvalue weighted by Gasteiger charge is -2.05. The van der Waals surface area contributed by atoms with Crippen LogP contribution in [0.1, 0.15) is 13.0 Å². The van der Waals surface area contributed by atoms with Gasteiger partial charge in [0.15, 0.2) is 0 Å². The van der Waals surface area contributed by atoms with Gasteiger partial charge in [-0.15, -0.1) is 0 Å². The molecule has 0 spiro atoms. The first-order chi connectivity index (χ1) is 6.02. The molecule has 3 nitrogen and oxygen atoms in total. The van der Waals surface area contributed by atoms with Gasteiger partial charge >= 0.3 is 0 Å². The van der Waals surface area contributed by atoms with Crippen LogP contribution in [0.3, 0.4) is 0 Å². The Bertz CT molecular complexity index is 341. The Morgan fingerprint density at radius 1 is 1.46 bits per heavy atom. The Kier molecular flexibility index (Phi) is 1.88. The van der Waals surface area contributed by atoms with E-state index in [0.717, 1.165) is 0 Å². The van der Waals surface area contributed by atoms with E-state index in [-0.39, 0.29) is 0 Å². The molecule has 1 fully saturated rings. The topological polar surface area (TPSA) is 34.9 Å². The van der Waals surface area contributed by atoms with E-state index in [1.54, 1.807) is 6.20 Å². The summed E-state index contributed by atoms with van der Waals surface area (Å²) in [5.74, 6) is 0.537. The fourth-order valence-electron chi connectivity index (χ4n) is 2.25. The van der Waals surface area contributed by atoms with Crippen molar-refractivity contribution in [2.75, 3.05) is 13.3 Å². The van der Waals surface area contributed by atoms with Crippen molar-refractivity contribution < 1.29 is 4.57 Å². The maximum atomic E-state index is 11.9. The predicted molar refractivity (Wildman–Crippen MR) is 53.7 cm³/mol. The minimum atomic E-state index is -1.93.